The molecule has 3 heteroatoms. The Morgan fingerprint density at radius 3 is 2.25 bits per heavy atom. The number of nitrogens with zero attached hydrogens (tertiary/aromatic N) is 1. The first kappa shape index (κ1) is 16.6. The highest BCUT2D eigenvalue weighted by atomic mass is 16.5. The second-order valence-electron chi connectivity index (χ2n) is 10.2. The molecule has 0 radical (unpaired) electrons. The summed E-state index contributed by atoms with van der Waals surface area (Å²) in [5, 5.41) is 3.59. The minimum Gasteiger partial charge on any atom is -0.493 e. The van der Waals surface area contributed by atoms with Crippen LogP contribution in [0.15, 0.2) is 30.5 Å². The maximum Gasteiger partial charge on any atom is 0.161 e. The molecule has 0 saturated heterocycles. The Hall–Kier alpha value is -2.29. The number of hydrogen-bond donors (Lipinski definition) is 0. The van der Waals surface area contributed by atoms with Gasteiger partial charge in [0.25, 0.3) is 0 Å². The highest BCUT2D eigenvalue weighted by Gasteiger charge is 2.89. The van der Waals surface area contributed by atoms with Gasteiger partial charge in [-0.15, -0.1) is 0 Å². The van der Waals surface area contributed by atoms with E-state index in [0.717, 1.165) is 27.8 Å². The van der Waals surface area contributed by atoms with Crippen LogP contribution in [-0.4, -0.2) is 19.2 Å². The number of ether oxygens (including phenoxy) is 2. The van der Waals surface area contributed by atoms with Gasteiger partial charge in [-0.1, -0.05) is 39.8 Å². The van der Waals surface area contributed by atoms with Gasteiger partial charge in [0.1, 0.15) is 0 Å². The molecule has 2 aromatic carbocycles. The summed E-state index contributed by atoms with van der Waals surface area (Å²) in [5.41, 5.74) is 5.43. The zero-order chi connectivity index (χ0) is 19.7. The van der Waals surface area contributed by atoms with E-state index in [1.54, 1.807) is 19.8 Å². The quantitative estimate of drug-likeness (QED) is 0.536. The lowest BCUT2D eigenvalue weighted by Gasteiger charge is -2.53. The van der Waals surface area contributed by atoms with Crippen molar-refractivity contribution in [3.05, 3.63) is 41.6 Å². The molecule has 0 bridgehead atoms. The summed E-state index contributed by atoms with van der Waals surface area (Å²) in [5.74, 6) is 1.52. The Bertz CT molecular complexity index is 1210. The number of hydrogen-bond acceptors (Lipinski definition) is 3. The summed E-state index contributed by atoms with van der Waals surface area (Å²) < 4.78 is 11.1. The molecule has 0 aliphatic heterocycles. The molecule has 3 aromatic rings. The maximum absolute atomic E-state index is 5.57. The van der Waals surface area contributed by atoms with Crippen molar-refractivity contribution >= 4 is 21.7 Å². The van der Waals surface area contributed by atoms with Crippen LogP contribution < -0.4 is 9.47 Å². The van der Waals surface area contributed by atoms with Crippen LogP contribution in [0.25, 0.3) is 21.7 Å². The van der Waals surface area contributed by atoms with Gasteiger partial charge in [-0.25, -0.2) is 0 Å². The molecule has 1 spiro atoms. The Morgan fingerprint density at radius 1 is 0.893 bits per heavy atom. The molecule has 2 fully saturated rings. The van der Waals surface area contributed by atoms with Crippen molar-refractivity contribution in [2.75, 3.05) is 14.2 Å². The molecule has 144 valence electrons. The normalized spacial score (nSPS) is 33.8. The number of benzene rings is 2. The molecule has 28 heavy (non-hydrogen) atoms. The second kappa shape index (κ2) is 4.48. The molecule has 0 N–H and O–H groups in total. The monoisotopic (exact) mass is 373 g/mol. The zero-order valence-corrected chi connectivity index (χ0v) is 17.6. The Balaban J connectivity index is 1.70. The van der Waals surface area contributed by atoms with Gasteiger partial charge < -0.3 is 9.47 Å². The van der Waals surface area contributed by atoms with E-state index in [-0.39, 0.29) is 10.8 Å². The van der Waals surface area contributed by atoms with Gasteiger partial charge in [0.05, 0.1) is 19.7 Å². The fraction of sp³-hybridized carbons (Fsp3) is 0.480. The average molecular weight is 373 g/mol. The number of pyridine rings is 1. The van der Waals surface area contributed by atoms with Crippen molar-refractivity contribution in [2.24, 2.45) is 10.8 Å². The van der Waals surface area contributed by atoms with E-state index < -0.39 is 0 Å². The predicted octanol–water partition coefficient (Wildman–Crippen LogP) is 5.75. The van der Waals surface area contributed by atoms with E-state index in [2.05, 4.69) is 58.2 Å². The molecule has 1 heterocycles. The molecule has 6 rings (SSSR count). The number of fused-ring (bicyclic) bond motifs is 6. The Labute approximate surface area is 166 Å². The second-order valence-corrected chi connectivity index (χ2v) is 10.2. The summed E-state index contributed by atoms with van der Waals surface area (Å²) >= 11 is 0. The largest absolute Gasteiger partial charge is 0.493 e. The van der Waals surface area contributed by atoms with E-state index in [4.69, 9.17) is 14.5 Å². The van der Waals surface area contributed by atoms with Crippen LogP contribution in [0.3, 0.4) is 0 Å². The summed E-state index contributed by atoms with van der Waals surface area (Å²) in [7, 11) is 3.37. The van der Waals surface area contributed by atoms with Crippen LogP contribution >= 0.6 is 0 Å². The lowest BCUT2D eigenvalue weighted by Crippen LogP contribution is -2.51. The van der Waals surface area contributed by atoms with Gasteiger partial charge in [0.2, 0.25) is 0 Å². The van der Waals surface area contributed by atoms with Crippen LogP contribution in [0.5, 0.6) is 11.5 Å². The van der Waals surface area contributed by atoms with E-state index in [9.17, 15) is 0 Å². The van der Waals surface area contributed by atoms with Gasteiger partial charge >= 0.3 is 0 Å². The van der Waals surface area contributed by atoms with Crippen molar-refractivity contribution in [3.8, 4) is 11.5 Å². The molecular weight excluding hydrogens is 346 g/mol. The van der Waals surface area contributed by atoms with Gasteiger partial charge in [-0.2, -0.15) is 0 Å². The van der Waals surface area contributed by atoms with E-state index in [0.29, 0.717) is 10.8 Å². The fourth-order valence-corrected chi connectivity index (χ4v) is 8.02. The van der Waals surface area contributed by atoms with E-state index in [1.165, 1.54) is 23.8 Å². The van der Waals surface area contributed by atoms with E-state index >= 15 is 0 Å². The Morgan fingerprint density at radius 2 is 1.61 bits per heavy atom. The Kier molecular flexibility index (Phi) is 2.66. The molecule has 3 aliphatic carbocycles. The summed E-state index contributed by atoms with van der Waals surface area (Å²) in [6.07, 6.45) is 4.81. The van der Waals surface area contributed by atoms with Crippen molar-refractivity contribution < 1.29 is 9.47 Å². The highest BCUT2D eigenvalue weighted by Crippen LogP contribution is 2.93. The van der Waals surface area contributed by atoms with Gasteiger partial charge in [-0.05, 0) is 57.7 Å². The minimum atomic E-state index is 0.178. The average Bonchev–Trinajstić information content (AvgIpc) is 3.20. The van der Waals surface area contributed by atoms with Crippen molar-refractivity contribution in [3.63, 3.8) is 0 Å². The summed E-state index contributed by atoms with van der Waals surface area (Å²) in [6.45, 7) is 9.89. The van der Waals surface area contributed by atoms with Crippen LogP contribution in [0.4, 0.5) is 0 Å². The molecule has 3 unspecified atom stereocenters. The van der Waals surface area contributed by atoms with Gasteiger partial charge in [0, 0.05) is 22.4 Å². The summed E-state index contributed by atoms with van der Waals surface area (Å²) in [6, 6.07) is 8.63. The van der Waals surface area contributed by atoms with Crippen LogP contribution in [0, 0.1) is 10.8 Å². The maximum atomic E-state index is 5.57. The molecule has 3 nitrogen and oxygen atoms in total. The topological polar surface area (TPSA) is 31.4 Å². The van der Waals surface area contributed by atoms with Crippen molar-refractivity contribution in [2.45, 2.75) is 51.4 Å². The van der Waals surface area contributed by atoms with Crippen molar-refractivity contribution in [1.82, 2.24) is 4.98 Å². The molecular formula is C25H27NO2. The first-order chi connectivity index (χ1) is 13.2. The molecule has 1 aromatic heterocycles. The third kappa shape index (κ3) is 1.42. The van der Waals surface area contributed by atoms with E-state index in [1.807, 2.05) is 0 Å². The van der Waals surface area contributed by atoms with Crippen LogP contribution in [0.1, 0.15) is 51.7 Å². The molecule has 2 saturated carbocycles. The van der Waals surface area contributed by atoms with Crippen LogP contribution in [0.2, 0.25) is 0 Å². The molecule has 0 amide bonds. The van der Waals surface area contributed by atoms with Gasteiger partial charge in [-0.3, -0.25) is 4.98 Å². The standard InChI is InChI=1S/C25H27NO2/c1-22(2)17-11-26-21-15(20(17)24(4)12-23(3)13-25(22,23)24)8-7-14-9-18(27-5)19(28-6)10-16(14)21/h7-11H,12-13H2,1-6H3. The van der Waals surface area contributed by atoms with Crippen molar-refractivity contribution in [1.29, 1.82) is 0 Å². The fourth-order valence-electron chi connectivity index (χ4n) is 8.02. The molecule has 3 atom stereocenters. The third-order valence-corrected chi connectivity index (χ3v) is 8.90. The number of methoxy groups -OCH3 is 2. The van der Waals surface area contributed by atoms with Gasteiger partial charge in [0.15, 0.2) is 11.5 Å². The third-order valence-electron chi connectivity index (χ3n) is 8.90. The first-order valence-electron chi connectivity index (χ1n) is 10.2. The smallest absolute Gasteiger partial charge is 0.161 e. The predicted molar refractivity (Wildman–Crippen MR) is 113 cm³/mol. The first-order valence-corrected chi connectivity index (χ1v) is 10.2. The highest BCUT2D eigenvalue weighted by molar-refractivity contribution is 6.08. The summed E-state index contributed by atoms with van der Waals surface area (Å²) in [4.78, 5) is 5.01. The SMILES string of the molecule is COc1cc2ccc3c4c(cnc3c2cc1OC)C(C)(C)C12CC1(C)CC42C. The lowest BCUT2D eigenvalue weighted by molar-refractivity contribution is 0.0215. The lowest BCUT2D eigenvalue weighted by atomic mass is 9.50. The number of aromatic nitrogens is 1. The zero-order valence-electron chi connectivity index (χ0n) is 17.6. The molecule has 3 aliphatic rings. The minimum absolute atomic E-state index is 0.178. The van der Waals surface area contributed by atoms with Crippen LogP contribution in [-0.2, 0) is 10.8 Å². The number of rotatable bonds is 2.